The van der Waals surface area contributed by atoms with Gasteiger partial charge in [-0.1, -0.05) is 0 Å². The summed E-state index contributed by atoms with van der Waals surface area (Å²) in [5.41, 5.74) is 3.89. The lowest BCUT2D eigenvalue weighted by Gasteiger charge is -2.35. The highest BCUT2D eigenvalue weighted by Gasteiger charge is 2.30. The summed E-state index contributed by atoms with van der Waals surface area (Å²) in [6, 6.07) is 3.78. The van der Waals surface area contributed by atoms with E-state index in [0.717, 1.165) is 42.6 Å². The second-order valence-electron chi connectivity index (χ2n) is 5.01. The van der Waals surface area contributed by atoms with Crippen molar-refractivity contribution in [1.82, 2.24) is 0 Å². The van der Waals surface area contributed by atoms with E-state index in [2.05, 4.69) is 0 Å². The third-order valence-electron chi connectivity index (χ3n) is 3.79. The average Bonchev–Trinajstić information content (AvgIpc) is 2.43. The molecule has 0 bridgehead atoms. The third-order valence-corrected chi connectivity index (χ3v) is 3.79. The highest BCUT2D eigenvalue weighted by Crippen LogP contribution is 2.36. The first-order valence-electron chi connectivity index (χ1n) is 6.84. The van der Waals surface area contributed by atoms with Crippen LogP contribution in [0.4, 0.5) is 5.69 Å². The summed E-state index contributed by atoms with van der Waals surface area (Å²) in [4.78, 5) is 25.7. The second-order valence-corrected chi connectivity index (χ2v) is 5.01. The molecule has 0 N–H and O–H groups in total. The number of amides is 1. The van der Waals surface area contributed by atoms with Crippen molar-refractivity contribution < 1.29 is 14.3 Å². The molecule has 0 unspecified atom stereocenters. The van der Waals surface area contributed by atoms with Gasteiger partial charge in [-0.05, 0) is 49.4 Å². The molecular formula is C15H17NO3. The van der Waals surface area contributed by atoms with Crippen molar-refractivity contribution in [3.8, 4) is 0 Å². The molecule has 0 aromatic heterocycles. The number of ether oxygens (including phenoxy) is 1. The summed E-state index contributed by atoms with van der Waals surface area (Å²) >= 11 is 0. The van der Waals surface area contributed by atoms with E-state index < -0.39 is 0 Å². The van der Waals surface area contributed by atoms with Crippen molar-refractivity contribution in [1.29, 1.82) is 0 Å². The van der Waals surface area contributed by atoms with Crippen LogP contribution in [0, 0.1) is 0 Å². The summed E-state index contributed by atoms with van der Waals surface area (Å²) in [6.07, 6.45) is 3.16. The summed E-state index contributed by atoms with van der Waals surface area (Å²) in [6.45, 7) is 2.99. The topological polar surface area (TPSA) is 46.6 Å². The van der Waals surface area contributed by atoms with E-state index in [9.17, 15) is 9.59 Å². The molecule has 2 aliphatic rings. The minimum Gasteiger partial charge on any atom is -0.462 e. The molecule has 4 heteroatoms. The van der Waals surface area contributed by atoms with Gasteiger partial charge in [0.25, 0.3) is 0 Å². The molecule has 3 rings (SSSR count). The van der Waals surface area contributed by atoms with Gasteiger partial charge in [-0.15, -0.1) is 0 Å². The summed E-state index contributed by atoms with van der Waals surface area (Å²) in [5, 5.41) is 0. The number of carbonyl (C=O) groups excluding carboxylic acids is 2. The Labute approximate surface area is 112 Å². The highest BCUT2D eigenvalue weighted by molar-refractivity contribution is 5.99. The van der Waals surface area contributed by atoms with Crippen molar-refractivity contribution >= 4 is 17.6 Å². The van der Waals surface area contributed by atoms with Gasteiger partial charge in [0.15, 0.2) is 0 Å². The molecule has 0 aliphatic carbocycles. The first-order valence-corrected chi connectivity index (χ1v) is 6.84. The van der Waals surface area contributed by atoms with Crippen LogP contribution in [0.1, 0.15) is 41.3 Å². The first kappa shape index (κ1) is 12.2. The number of rotatable bonds is 2. The minimum atomic E-state index is -0.268. The summed E-state index contributed by atoms with van der Waals surface area (Å²) in [7, 11) is 0. The van der Waals surface area contributed by atoms with Gasteiger partial charge in [0.2, 0.25) is 5.91 Å². The van der Waals surface area contributed by atoms with Gasteiger partial charge in [0.05, 0.1) is 17.9 Å². The van der Waals surface area contributed by atoms with Gasteiger partial charge >= 0.3 is 5.97 Å². The fourth-order valence-corrected chi connectivity index (χ4v) is 2.99. The predicted molar refractivity (Wildman–Crippen MR) is 71.4 cm³/mol. The van der Waals surface area contributed by atoms with Crippen LogP contribution in [0.15, 0.2) is 12.1 Å². The maximum absolute atomic E-state index is 11.9. The summed E-state index contributed by atoms with van der Waals surface area (Å²) in [5.74, 6) is -0.0621. The molecule has 19 heavy (non-hydrogen) atoms. The van der Waals surface area contributed by atoms with Gasteiger partial charge in [-0.25, -0.2) is 4.79 Å². The van der Waals surface area contributed by atoms with Crippen molar-refractivity contribution in [3.63, 3.8) is 0 Å². The number of hydrogen-bond donors (Lipinski definition) is 0. The van der Waals surface area contributed by atoms with Crippen LogP contribution in [0.5, 0.6) is 0 Å². The minimum absolute atomic E-state index is 0.206. The first-order chi connectivity index (χ1) is 9.20. The number of benzene rings is 1. The molecule has 1 amide bonds. The fraction of sp³-hybridized carbons (Fsp3) is 0.467. The third kappa shape index (κ3) is 2.01. The Bertz CT molecular complexity index is 533. The molecule has 0 fully saturated rings. The standard InChI is InChI=1S/C15H17NO3/c1-2-19-15(18)12-8-10-4-3-7-16-13(17)6-5-11(9-12)14(10)16/h8-9H,2-7H2,1H3. The number of carbonyl (C=O) groups is 2. The Balaban J connectivity index is 2.06. The van der Waals surface area contributed by atoms with E-state index in [-0.39, 0.29) is 11.9 Å². The number of hydrogen-bond acceptors (Lipinski definition) is 3. The van der Waals surface area contributed by atoms with Crippen molar-refractivity contribution in [2.75, 3.05) is 18.1 Å². The average molecular weight is 259 g/mol. The molecule has 4 nitrogen and oxygen atoms in total. The maximum atomic E-state index is 11.9. The van der Waals surface area contributed by atoms with Crippen LogP contribution in [0.2, 0.25) is 0 Å². The van der Waals surface area contributed by atoms with Crippen molar-refractivity contribution in [2.45, 2.75) is 32.6 Å². The van der Waals surface area contributed by atoms with Gasteiger partial charge in [0, 0.05) is 13.0 Å². The Morgan fingerprint density at radius 1 is 1.26 bits per heavy atom. The molecular weight excluding hydrogens is 242 g/mol. The Kier molecular flexibility index (Phi) is 3.01. The molecule has 2 aliphatic heterocycles. The molecule has 1 aromatic rings. The molecule has 0 radical (unpaired) electrons. The van der Waals surface area contributed by atoms with Crippen molar-refractivity contribution in [3.05, 3.63) is 28.8 Å². The van der Waals surface area contributed by atoms with Crippen LogP contribution in [0.25, 0.3) is 0 Å². The summed E-state index contributed by atoms with van der Waals surface area (Å²) < 4.78 is 5.06. The maximum Gasteiger partial charge on any atom is 0.338 e. The largest absolute Gasteiger partial charge is 0.462 e. The van der Waals surface area contributed by atoms with Crippen LogP contribution in [-0.4, -0.2) is 25.0 Å². The van der Waals surface area contributed by atoms with Crippen LogP contribution in [-0.2, 0) is 22.4 Å². The van der Waals surface area contributed by atoms with Crippen LogP contribution >= 0.6 is 0 Å². The van der Waals surface area contributed by atoms with E-state index in [1.807, 2.05) is 17.0 Å². The van der Waals surface area contributed by atoms with E-state index in [1.165, 1.54) is 0 Å². The van der Waals surface area contributed by atoms with Gasteiger partial charge in [-0.3, -0.25) is 4.79 Å². The number of nitrogens with zero attached hydrogens (tertiary/aromatic N) is 1. The van der Waals surface area contributed by atoms with Crippen LogP contribution in [0.3, 0.4) is 0 Å². The number of anilines is 1. The zero-order valence-electron chi connectivity index (χ0n) is 11.1. The molecule has 2 heterocycles. The fourth-order valence-electron chi connectivity index (χ4n) is 2.99. The highest BCUT2D eigenvalue weighted by atomic mass is 16.5. The lowest BCUT2D eigenvalue weighted by atomic mass is 9.90. The number of esters is 1. The van der Waals surface area contributed by atoms with Crippen LogP contribution < -0.4 is 4.90 Å². The number of aryl methyl sites for hydroxylation is 2. The lowest BCUT2D eigenvalue weighted by molar-refractivity contribution is -0.119. The second kappa shape index (κ2) is 4.68. The Morgan fingerprint density at radius 3 is 2.74 bits per heavy atom. The lowest BCUT2D eigenvalue weighted by Crippen LogP contribution is -2.39. The SMILES string of the molecule is CCOC(=O)c1cc2c3c(c1)CCC(=O)N3CCC2. The zero-order chi connectivity index (χ0) is 13.4. The quantitative estimate of drug-likeness (QED) is 0.764. The van der Waals surface area contributed by atoms with Gasteiger partial charge < -0.3 is 9.64 Å². The Hall–Kier alpha value is -1.84. The molecule has 1 aromatic carbocycles. The van der Waals surface area contributed by atoms with Gasteiger partial charge in [0.1, 0.15) is 0 Å². The Morgan fingerprint density at radius 2 is 2.00 bits per heavy atom. The smallest absolute Gasteiger partial charge is 0.338 e. The molecule has 100 valence electrons. The zero-order valence-corrected chi connectivity index (χ0v) is 11.1. The van der Waals surface area contributed by atoms with Crippen molar-refractivity contribution in [2.24, 2.45) is 0 Å². The predicted octanol–water partition coefficient (Wildman–Crippen LogP) is 2.09. The van der Waals surface area contributed by atoms with E-state index >= 15 is 0 Å². The van der Waals surface area contributed by atoms with E-state index in [0.29, 0.717) is 18.6 Å². The molecule has 0 saturated heterocycles. The molecule has 0 atom stereocenters. The van der Waals surface area contributed by atoms with Gasteiger partial charge in [-0.2, -0.15) is 0 Å². The monoisotopic (exact) mass is 259 g/mol. The molecule has 0 spiro atoms. The molecule has 0 saturated carbocycles. The van der Waals surface area contributed by atoms with E-state index in [1.54, 1.807) is 6.92 Å². The van der Waals surface area contributed by atoms with E-state index in [4.69, 9.17) is 4.74 Å². The normalized spacial score (nSPS) is 17.1.